The standard InChI is InChI=1S/C20H23N5O3S/c1-15(2)24(3)29(27,28)18-10-8-16(9-11-18)20(26)23-19-7-5-4-6-17(19)12-25-14-21-13-22-25/h4-11,13-15H,12H2,1-3H3,(H,23,26). The van der Waals surface area contributed by atoms with Crippen LogP contribution in [0.25, 0.3) is 0 Å². The summed E-state index contributed by atoms with van der Waals surface area (Å²) in [6.07, 6.45) is 3.06. The zero-order chi connectivity index (χ0) is 21.0. The molecule has 2 aromatic carbocycles. The molecule has 0 unspecified atom stereocenters. The highest BCUT2D eigenvalue weighted by Crippen LogP contribution is 2.20. The Balaban J connectivity index is 1.77. The van der Waals surface area contributed by atoms with Crippen LogP contribution in [0.1, 0.15) is 29.8 Å². The largest absolute Gasteiger partial charge is 0.322 e. The molecule has 0 atom stereocenters. The van der Waals surface area contributed by atoms with Gasteiger partial charge in [0, 0.05) is 24.3 Å². The molecule has 8 nitrogen and oxygen atoms in total. The number of nitrogens with zero attached hydrogens (tertiary/aromatic N) is 4. The monoisotopic (exact) mass is 413 g/mol. The van der Waals surface area contributed by atoms with E-state index in [1.807, 2.05) is 18.2 Å². The highest BCUT2D eigenvalue weighted by molar-refractivity contribution is 7.89. The van der Waals surface area contributed by atoms with Gasteiger partial charge in [-0.05, 0) is 49.7 Å². The number of hydrogen-bond donors (Lipinski definition) is 1. The minimum atomic E-state index is -3.59. The Hall–Kier alpha value is -3.04. The maximum Gasteiger partial charge on any atom is 0.255 e. The molecule has 1 heterocycles. The van der Waals surface area contributed by atoms with Crippen molar-refractivity contribution < 1.29 is 13.2 Å². The third-order valence-electron chi connectivity index (χ3n) is 4.59. The lowest BCUT2D eigenvalue weighted by Gasteiger charge is -2.21. The van der Waals surface area contributed by atoms with Gasteiger partial charge in [-0.1, -0.05) is 18.2 Å². The number of nitrogens with one attached hydrogen (secondary N) is 1. The highest BCUT2D eigenvalue weighted by atomic mass is 32.2. The number of carbonyl (C=O) groups excluding carboxylic acids is 1. The van der Waals surface area contributed by atoms with Gasteiger partial charge in [0.15, 0.2) is 0 Å². The molecule has 0 saturated carbocycles. The molecular formula is C20H23N5O3S. The second kappa shape index (κ2) is 8.54. The molecule has 0 saturated heterocycles. The van der Waals surface area contributed by atoms with Gasteiger partial charge in [-0.25, -0.2) is 18.1 Å². The van der Waals surface area contributed by atoms with E-state index < -0.39 is 10.0 Å². The number of aromatic nitrogens is 3. The van der Waals surface area contributed by atoms with Crippen molar-refractivity contribution in [2.75, 3.05) is 12.4 Å². The van der Waals surface area contributed by atoms with E-state index in [1.54, 1.807) is 30.9 Å². The smallest absolute Gasteiger partial charge is 0.255 e. The zero-order valence-corrected chi connectivity index (χ0v) is 17.3. The lowest BCUT2D eigenvalue weighted by Crippen LogP contribution is -2.33. The first-order valence-electron chi connectivity index (χ1n) is 9.09. The van der Waals surface area contributed by atoms with E-state index in [4.69, 9.17) is 0 Å². The topological polar surface area (TPSA) is 97.2 Å². The Morgan fingerprint density at radius 3 is 2.45 bits per heavy atom. The van der Waals surface area contributed by atoms with Gasteiger partial charge in [0.2, 0.25) is 10.0 Å². The average molecular weight is 414 g/mol. The van der Waals surface area contributed by atoms with Gasteiger partial charge in [0.1, 0.15) is 12.7 Å². The summed E-state index contributed by atoms with van der Waals surface area (Å²) in [5.74, 6) is -0.322. The van der Waals surface area contributed by atoms with Crippen LogP contribution in [-0.2, 0) is 16.6 Å². The van der Waals surface area contributed by atoms with Crippen molar-refractivity contribution in [3.05, 3.63) is 72.3 Å². The van der Waals surface area contributed by atoms with Gasteiger partial charge >= 0.3 is 0 Å². The van der Waals surface area contributed by atoms with Crippen molar-refractivity contribution in [3.63, 3.8) is 0 Å². The number of sulfonamides is 1. The van der Waals surface area contributed by atoms with E-state index in [9.17, 15) is 13.2 Å². The fraction of sp³-hybridized carbons (Fsp3) is 0.250. The van der Waals surface area contributed by atoms with E-state index in [0.29, 0.717) is 17.8 Å². The van der Waals surface area contributed by atoms with Gasteiger partial charge in [0.25, 0.3) is 5.91 Å². The molecule has 0 aliphatic rings. The Morgan fingerprint density at radius 1 is 1.14 bits per heavy atom. The van der Waals surface area contributed by atoms with Crippen molar-refractivity contribution in [2.45, 2.75) is 31.3 Å². The molecule has 1 amide bonds. The summed E-state index contributed by atoms with van der Waals surface area (Å²) >= 11 is 0. The van der Waals surface area contributed by atoms with E-state index in [0.717, 1.165) is 5.56 Å². The van der Waals surface area contributed by atoms with Crippen LogP contribution in [0.3, 0.4) is 0 Å². The lowest BCUT2D eigenvalue weighted by molar-refractivity contribution is 0.102. The molecule has 3 aromatic rings. The van der Waals surface area contributed by atoms with Crippen LogP contribution in [0, 0.1) is 0 Å². The highest BCUT2D eigenvalue weighted by Gasteiger charge is 2.23. The molecule has 0 aliphatic heterocycles. The second-order valence-electron chi connectivity index (χ2n) is 6.84. The predicted molar refractivity (Wildman–Crippen MR) is 110 cm³/mol. The van der Waals surface area contributed by atoms with Crippen LogP contribution in [0.4, 0.5) is 5.69 Å². The molecule has 0 fully saturated rings. The Kier molecular flexibility index (Phi) is 6.09. The maximum absolute atomic E-state index is 12.7. The van der Waals surface area contributed by atoms with Gasteiger partial charge in [0.05, 0.1) is 11.4 Å². The zero-order valence-electron chi connectivity index (χ0n) is 16.5. The summed E-state index contributed by atoms with van der Waals surface area (Å²) in [6, 6.07) is 13.2. The van der Waals surface area contributed by atoms with Gasteiger partial charge in [-0.15, -0.1) is 0 Å². The Labute approximate surface area is 170 Å². The third kappa shape index (κ3) is 4.69. The minimum absolute atomic E-state index is 0.150. The molecule has 0 spiro atoms. The summed E-state index contributed by atoms with van der Waals surface area (Å²) in [4.78, 5) is 16.7. The van der Waals surface area contributed by atoms with Crippen LogP contribution in [-0.4, -0.2) is 46.5 Å². The molecule has 9 heteroatoms. The van der Waals surface area contributed by atoms with Crippen LogP contribution in [0.5, 0.6) is 0 Å². The molecule has 1 N–H and O–H groups in total. The van der Waals surface area contributed by atoms with Crippen molar-refractivity contribution in [1.29, 1.82) is 0 Å². The first kappa shape index (κ1) is 20.7. The maximum atomic E-state index is 12.7. The molecular weight excluding hydrogens is 390 g/mol. The molecule has 3 rings (SSSR count). The second-order valence-corrected chi connectivity index (χ2v) is 8.84. The summed E-state index contributed by atoms with van der Waals surface area (Å²) < 4.78 is 28.1. The van der Waals surface area contributed by atoms with Crippen molar-refractivity contribution in [1.82, 2.24) is 19.1 Å². The molecule has 0 bridgehead atoms. The third-order valence-corrected chi connectivity index (χ3v) is 6.63. The fourth-order valence-electron chi connectivity index (χ4n) is 2.69. The number of anilines is 1. The van der Waals surface area contributed by atoms with E-state index >= 15 is 0 Å². The summed E-state index contributed by atoms with van der Waals surface area (Å²) in [5.41, 5.74) is 1.90. The average Bonchev–Trinajstić information content (AvgIpc) is 3.22. The summed E-state index contributed by atoms with van der Waals surface area (Å²) in [6.45, 7) is 4.07. The number of para-hydroxylation sites is 1. The van der Waals surface area contributed by atoms with Crippen molar-refractivity contribution >= 4 is 21.6 Å². The quantitative estimate of drug-likeness (QED) is 0.642. The SMILES string of the molecule is CC(C)N(C)S(=O)(=O)c1ccc(C(=O)Nc2ccccc2Cn2cncn2)cc1. The molecule has 0 aliphatic carbocycles. The first-order chi connectivity index (χ1) is 13.8. The van der Waals surface area contributed by atoms with Crippen molar-refractivity contribution in [2.24, 2.45) is 0 Å². The first-order valence-corrected chi connectivity index (χ1v) is 10.5. The van der Waals surface area contributed by atoms with Gasteiger partial charge in [-0.3, -0.25) is 4.79 Å². The number of hydrogen-bond acceptors (Lipinski definition) is 5. The summed E-state index contributed by atoms with van der Waals surface area (Å²) in [7, 11) is -2.05. The van der Waals surface area contributed by atoms with Gasteiger partial charge < -0.3 is 5.32 Å². The number of benzene rings is 2. The van der Waals surface area contributed by atoms with Crippen LogP contribution >= 0.6 is 0 Å². The fourth-order valence-corrected chi connectivity index (χ4v) is 4.05. The van der Waals surface area contributed by atoms with Crippen LogP contribution in [0.2, 0.25) is 0 Å². The van der Waals surface area contributed by atoms with Crippen LogP contribution in [0.15, 0.2) is 66.1 Å². The minimum Gasteiger partial charge on any atom is -0.322 e. The van der Waals surface area contributed by atoms with E-state index in [-0.39, 0.29) is 16.8 Å². The molecule has 152 valence electrons. The van der Waals surface area contributed by atoms with E-state index in [2.05, 4.69) is 15.4 Å². The van der Waals surface area contributed by atoms with E-state index in [1.165, 1.54) is 41.9 Å². The lowest BCUT2D eigenvalue weighted by atomic mass is 10.1. The number of amides is 1. The Bertz CT molecular complexity index is 1080. The molecule has 29 heavy (non-hydrogen) atoms. The molecule has 1 aromatic heterocycles. The molecule has 0 radical (unpaired) electrons. The van der Waals surface area contributed by atoms with Crippen LogP contribution < -0.4 is 5.32 Å². The normalized spacial score (nSPS) is 11.8. The number of rotatable bonds is 7. The predicted octanol–water partition coefficient (Wildman–Crippen LogP) is 2.61. The summed E-state index contributed by atoms with van der Waals surface area (Å²) in [5, 5.41) is 6.96. The van der Waals surface area contributed by atoms with Gasteiger partial charge in [-0.2, -0.15) is 9.40 Å². The van der Waals surface area contributed by atoms with Crippen molar-refractivity contribution in [3.8, 4) is 0 Å². The number of carbonyl (C=O) groups is 1. The Morgan fingerprint density at radius 2 is 1.83 bits per heavy atom.